The highest BCUT2D eigenvalue weighted by Crippen LogP contribution is 2.18. The normalized spacial score (nSPS) is 14.8. The Labute approximate surface area is 80.0 Å². The van der Waals surface area contributed by atoms with Crippen LogP contribution in [-0.4, -0.2) is 26.2 Å². The van der Waals surface area contributed by atoms with Crippen LogP contribution in [0, 0.1) is 10.1 Å². The average molecular weight is 198 g/mol. The molecule has 2 N–H and O–H groups in total. The molecule has 1 aromatic heterocycles. The summed E-state index contributed by atoms with van der Waals surface area (Å²) in [4.78, 5) is 13.5. The molecular formula is C8H10N2O4. The van der Waals surface area contributed by atoms with Crippen molar-refractivity contribution in [2.45, 2.75) is 19.1 Å². The molecule has 14 heavy (non-hydrogen) atoms. The Morgan fingerprint density at radius 3 is 2.71 bits per heavy atom. The van der Waals surface area contributed by atoms with Crippen LogP contribution in [0.25, 0.3) is 0 Å². The SMILES string of the molecule is C[C@@H](O)[C@@H](O)c1cc([N+](=O)[O-])ccn1. The highest BCUT2D eigenvalue weighted by atomic mass is 16.6. The van der Waals surface area contributed by atoms with Crippen molar-refractivity contribution in [2.24, 2.45) is 0 Å². The van der Waals surface area contributed by atoms with Crippen molar-refractivity contribution >= 4 is 5.69 Å². The maximum absolute atomic E-state index is 10.4. The minimum atomic E-state index is -1.20. The molecule has 0 radical (unpaired) electrons. The molecule has 0 saturated carbocycles. The monoisotopic (exact) mass is 198 g/mol. The van der Waals surface area contributed by atoms with Gasteiger partial charge in [0, 0.05) is 18.3 Å². The second kappa shape index (κ2) is 4.12. The highest BCUT2D eigenvalue weighted by Gasteiger charge is 2.17. The average Bonchev–Trinajstić information content (AvgIpc) is 2.16. The standard InChI is InChI=1S/C8H10N2O4/c1-5(11)8(12)7-4-6(10(13)14)2-3-9-7/h2-5,8,11-12H,1H3/t5-,8-/m1/s1. The summed E-state index contributed by atoms with van der Waals surface area (Å²) in [6, 6.07) is 2.36. The van der Waals surface area contributed by atoms with Crippen molar-refractivity contribution in [1.29, 1.82) is 0 Å². The first kappa shape index (κ1) is 10.6. The van der Waals surface area contributed by atoms with Crippen LogP contribution in [0.3, 0.4) is 0 Å². The number of rotatable bonds is 3. The number of hydrogen-bond donors (Lipinski definition) is 2. The van der Waals surface area contributed by atoms with E-state index in [-0.39, 0.29) is 11.4 Å². The van der Waals surface area contributed by atoms with Gasteiger partial charge in [-0.25, -0.2) is 0 Å². The van der Waals surface area contributed by atoms with E-state index in [4.69, 9.17) is 5.11 Å². The van der Waals surface area contributed by atoms with Crippen molar-refractivity contribution in [1.82, 2.24) is 4.98 Å². The van der Waals surface area contributed by atoms with E-state index in [0.29, 0.717) is 0 Å². The topological polar surface area (TPSA) is 96.5 Å². The molecule has 0 unspecified atom stereocenters. The predicted octanol–water partition coefficient (Wildman–Crippen LogP) is 0.404. The molecule has 1 heterocycles. The van der Waals surface area contributed by atoms with E-state index < -0.39 is 17.1 Å². The van der Waals surface area contributed by atoms with Crippen LogP contribution >= 0.6 is 0 Å². The fourth-order valence-electron chi connectivity index (χ4n) is 0.959. The first-order valence-electron chi connectivity index (χ1n) is 3.99. The Morgan fingerprint density at radius 1 is 1.57 bits per heavy atom. The lowest BCUT2D eigenvalue weighted by Gasteiger charge is -2.11. The van der Waals surface area contributed by atoms with Crippen molar-refractivity contribution in [3.8, 4) is 0 Å². The van der Waals surface area contributed by atoms with Gasteiger partial charge in [0.15, 0.2) is 0 Å². The van der Waals surface area contributed by atoms with E-state index >= 15 is 0 Å². The van der Waals surface area contributed by atoms with Gasteiger partial charge in [0.2, 0.25) is 0 Å². The quantitative estimate of drug-likeness (QED) is 0.541. The third-order valence-corrected chi connectivity index (χ3v) is 1.74. The predicted molar refractivity (Wildman–Crippen MR) is 47.5 cm³/mol. The summed E-state index contributed by atoms with van der Waals surface area (Å²) in [6.07, 6.45) is -0.988. The van der Waals surface area contributed by atoms with Gasteiger partial charge in [0.05, 0.1) is 16.7 Å². The van der Waals surface area contributed by atoms with Gasteiger partial charge in [-0.2, -0.15) is 0 Å². The molecule has 1 aromatic rings. The summed E-state index contributed by atoms with van der Waals surface area (Å²) in [7, 11) is 0. The number of hydrogen-bond acceptors (Lipinski definition) is 5. The van der Waals surface area contributed by atoms with Crippen molar-refractivity contribution in [3.63, 3.8) is 0 Å². The minimum absolute atomic E-state index is 0.0919. The van der Waals surface area contributed by atoms with Gasteiger partial charge in [-0.15, -0.1) is 0 Å². The highest BCUT2D eigenvalue weighted by molar-refractivity contribution is 5.30. The lowest BCUT2D eigenvalue weighted by atomic mass is 10.1. The van der Waals surface area contributed by atoms with E-state index in [1.54, 1.807) is 0 Å². The van der Waals surface area contributed by atoms with Gasteiger partial charge in [-0.3, -0.25) is 15.1 Å². The molecule has 0 saturated heterocycles. The Morgan fingerprint density at radius 2 is 2.21 bits per heavy atom. The van der Waals surface area contributed by atoms with E-state index in [0.717, 1.165) is 6.07 Å². The molecular weight excluding hydrogens is 188 g/mol. The van der Waals surface area contributed by atoms with Gasteiger partial charge in [0.1, 0.15) is 6.10 Å². The second-order valence-electron chi connectivity index (χ2n) is 2.88. The summed E-state index contributed by atoms with van der Waals surface area (Å²) in [5.41, 5.74) is -0.0658. The molecule has 76 valence electrons. The summed E-state index contributed by atoms with van der Waals surface area (Å²) in [5.74, 6) is 0. The van der Waals surface area contributed by atoms with Crippen LogP contribution in [0.1, 0.15) is 18.7 Å². The maximum Gasteiger partial charge on any atom is 0.272 e. The van der Waals surface area contributed by atoms with Crippen molar-refractivity contribution in [3.05, 3.63) is 34.1 Å². The van der Waals surface area contributed by atoms with Crippen LogP contribution < -0.4 is 0 Å². The molecule has 0 amide bonds. The Hall–Kier alpha value is -1.53. The number of aliphatic hydroxyl groups is 2. The molecule has 0 aromatic carbocycles. The zero-order valence-corrected chi connectivity index (χ0v) is 7.49. The van der Waals surface area contributed by atoms with Gasteiger partial charge in [0.25, 0.3) is 5.69 Å². The number of aromatic nitrogens is 1. The minimum Gasteiger partial charge on any atom is -0.390 e. The van der Waals surface area contributed by atoms with E-state index in [1.807, 2.05) is 0 Å². The molecule has 0 bridgehead atoms. The van der Waals surface area contributed by atoms with Crippen molar-refractivity contribution in [2.75, 3.05) is 0 Å². The molecule has 0 spiro atoms. The number of aliphatic hydroxyl groups excluding tert-OH is 2. The molecule has 0 aliphatic carbocycles. The van der Waals surface area contributed by atoms with Gasteiger partial charge < -0.3 is 10.2 Å². The zero-order chi connectivity index (χ0) is 10.7. The number of nitrogens with zero attached hydrogens (tertiary/aromatic N) is 2. The molecule has 6 heteroatoms. The molecule has 2 atom stereocenters. The Kier molecular flexibility index (Phi) is 3.10. The largest absolute Gasteiger partial charge is 0.390 e. The van der Waals surface area contributed by atoms with Gasteiger partial charge in [-0.1, -0.05) is 0 Å². The van der Waals surface area contributed by atoms with Crippen LogP contribution in [0.4, 0.5) is 5.69 Å². The van der Waals surface area contributed by atoms with Crippen LogP contribution in [-0.2, 0) is 0 Å². The first-order valence-corrected chi connectivity index (χ1v) is 3.99. The lowest BCUT2D eigenvalue weighted by molar-refractivity contribution is -0.385. The smallest absolute Gasteiger partial charge is 0.272 e. The lowest BCUT2D eigenvalue weighted by Crippen LogP contribution is -2.15. The second-order valence-corrected chi connectivity index (χ2v) is 2.88. The van der Waals surface area contributed by atoms with Crippen LogP contribution in [0.2, 0.25) is 0 Å². The van der Waals surface area contributed by atoms with Gasteiger partial charge >= 0.3 is 0 Å². The molecule has 1 rings (SSSR count). The maximum atomic E-state index is 10.4. The van der Waals surface area contributed by atoms with Crippen molar-refractivity contribution < 1.29 is 15.1 Å². The summed E-state index contributed by atoms with van der Waals surface area (Å²) in [5, 5.41) is 28.8. The van der Waals surface area contributed by atoms with E-state index in [1.165, 1.54) is 19.2 Å². The van der Waals surface area contributed by atoms with Gasteiger partial charge in [-0.05, 0) is 6.92 Å². The Bertz CT molecular complexity index is 340. The number of nitro groups is 1. The summed E-state index contributed by atoms with van der Waals surface area (Å²) < 4.78 is 0. The molecule has 0 aliphatic heterocycles. The molecule has 0 fully saturated rings. The molecule has 0 aliphatic rings. The Balaban J connectivity index is 2.99. The summed E-state index contributed by atoms with van der Waals surface area (Å²) in [6.45, 7) is 1.38. The van der Waals surface area contributed by atoms with E-state index in [9.17, 15) is 15.2 Å². The van der Waals surface area contributed by atoms with E-state index in [2.05, 4.69) is 4.98 Å². The third kappa shape index (κ3) is 2.24. The van der Waals surface area contributed by atoms with Crippen LogP contribution in [0.15, 0.2) is 18.3 Å². The fourth-order valence-corrected chi connectivity index (χ4v) is 0.959. The zero-order valence-electron chi connectivity index (χ0n) is 7.49. The van der Waals surface area contributed by atoms with Crippen LogP contribution in [0.5, 0.6) is 0 Å². The fraction of sp³-hybridized carbons (Fsp3) is 0.375. The summed E-state index contributed by atoms with van der Waals surface area (Å²) >= 11 is 0. The first-order chi connectivity index (χ1) is 6.52. The number of pyridine rings is 1. The third-order valence-electron chi connectivity index (χ3n) is 1.74. The molecule has 6 nitrogen and oxygen atoms in total.